The highest BCUT2D eigenvalue weighted by atomic mass is 16.5. The number of fused-ring (bicyclic) bond motifs is 2. The fourth-order valence-corrected chi connectivity index (χ4v) is 4.36. The Bertz CT molecular complexity index is 315. The molecule has 102 valence electrons. The highest BCUT2D eigenvalue weighted by Crippen LogP contribution is 2.48. The molecule has 2 bridgehead atoms. The predicted molar refractivity (Wildman–Crippen MR) is 68.1 cm³/mol. The van der Waals surface area contributed by atoms with E-state index in [0.717, 1.165) is 30.6 Å². The molecule has 18 heavy (non-hydrogen) atoms. The van der Waals surface area contributed by atoms with E-state index in [1.54, 1.807) is 0 Å². The number of hydrogen-bond acceptors (Lipinski definition) is 3. The number of cyclic esters (lactones) is 1. The third-order valence-corrected chi connectivity index (χ3v) is 5.26. The van der Waals surface area contributed by atoms with Gasteiger partial charge in [-0.2, -0.15) is 0 Å². The molecule has 0 spiro atoms. The largest absolute Gasteiger partial charge is 0.462 e. The van der Waals surface area contributed by atoms with Crippen LogP contribution in [0.2, 0.25) is 0 Å². The number of ether oxygens (including phenoxy) is 2. The summed E-state index contributed by atoms with van der Waals surface area (Å²) in [5.41, 5.74) is 0. The summed E-state index contributed by atoms with van der Waals surface area (Å²) in [5.74, 6) is 2.62. The number of carbonyl (C=O) groups is 1. The Morgan fingerprint density at radius 3 is 2.83 bits per heavy atom. The molecule has 3 rings (SSSR count). The Kier molecular flexibility index (Phi) is 3.60. The van der Waals surface area contributed by atoms with Gasteiger partial charge in [0.05, 0.1) is 6.10 Å². The monoisotopic (exact) mass is 252 g/mol. The molecule has 0 aromatic rings. The summed E-state index contributed by atoms with van der Waals surface area (Å²) >= 11 is 0. The standard InChI is InChI=1S/C15H24O3/c1-17-14-8-10-6-11(12(7-10)9-14)2-3-13-4-5-15(16)18-13/h10-14H,2-9H2,1H3. The van der Waals surface area contributed by atoms with Gasteiger partial charge in [0.1, 0.15) is 6.10 Å². The van der Waals surface area contributed by atoms with Gasteiger partial charge < -0.3 is 9.47 Å². The van der Waals surface area contributed by atoms with Crippen molar-refractivity contribution in [2.24, 2.45) is 17.8 Å². The molecule has 1 heterocycles. The number of hydrogen-bond donors (Lipinski definition) is 0. The maximum absolute atomic E-state index is 11.1. The minimum Gasteiger partial charge on any atom is -0.462 e. The van der Waals surface area contributed by atoms with Crippen LogP contribution in [0.4, 0.5) is 0 Å². The maximum Gasteiger partial charge on any atom is 0.306 e. The fraction of sp³-hybridized carbons (Fsp3) is 0.933. The van der Waals surface area contributed by atoms with Crippen molar-refractivity contribution in [1.82, 2.24) is 0 Å². The Hall–Kier alpha value is -0.570. The smallest absolute Gasteiger partial charge is 0.306 e. The van der Waals surface area contributed by atoms with Crippen LogP contribution in [-0.4, -0.2) is 25.3 Å². The van der Waals surface area contributed by atoms with Gasteiger partial charge in [0, 0.05) is 13.5 Å². The molecule has 3 nitrogen and oxygen atoms in total. The van der Waals surface area contributed by atoms with E-state index in [1.807, 2.05) is 7.11 Å². The Labute approximate surface area is 109 Å². The minimum atomic E-state index is 0.00427. The van der Waals surface area contributed by atoms with E-state index in [1.165, 1.54) is 32.1 Å². The summed E-state index contributed by atoms with van der Waals surface area (Å²) in [4.78, 5) is 11.1. The molecular formula is C15H24O3. The molecule has 5 atom stereocenters. The lowest BCUT2D eigenvalue weighted by molar-refractivity contribution is -0.141. The number of rotatable bonds is 4. The summed E-state index contributed by atoms with van der Waals surface area (Å²) in [5, 5.41) is 0. The molecule has 1 saturated heterocycles. The summed E-state index contributed by atoms with van der Waals surface area (Å²) in [6.45, 7) is 0. The molecule has 0 radical (unpaired) electrons. The van der Waals surface area contributed by atoms with Crippen molar-refractivity contribution in [3.63, 3.8) is 0 Å². The van der Waals surface area contributed by atoms with Gasteiger partial charge in [-0.15, -0.1) is 0 Å². The molecule has 3 aliphatic rings. The van der Waals surface area contributed by atoms with Gasteiger partial charge in [-0.3, -0.25) is 4.79 Å². The molecule has 3 fully saturated rings. The van der Waals surface area contributed by atoms with Gasteiger partial charge >= 0.3 is 5.97 Å². The summed E-state index contributed by atoms with van der Waals surface area (Å²) in [6.07, 6.45) is 9.93. The third kappa shape index (κ3) is 2.56. The van der Waals surface area contributed by atoms with Crippen LogP contribution in [0, 0.1) is 17.8 Å². The molecule has 2 aliphatic carbocycles. The van der Waals surface area contributed by atoms with E-state index < -0.39 is 0 Å². The molecule has 3 heteroatoms. The maximum atomic E-state index is 11.1. The molecule has 0 amide bonds. The first-order chi connectivity index (χ1) is 8.74. The van der Waals surface area contributed by atoms with E-state index in [4.69, 9.17) is 9.47 Å². The molecule has 0 aromatic heterocycles. The SMILES string of the molecule is COC1CC2CC(CCC3CCC(=O)O3)C(C2)C1. The normalized spacial score (nSPS) is 43.2. The lowest BCUT2D eigenvalue weighted by Crippen LogP contribution is -2.23. The van der Waals surface area contributed by atoms with Crippen molar-refractivity contribution in [3.05, 3.63) is 0 Å². The predicted octanol–water partition coefficient (Wildman–Crippen LogP) is 2.92. The second-order valence-electron chi connectivity index (χ2n) is 6.41. The zero-order valence-electron chi connectivity index (χ0n) is 11.3. The van der Waals surface area contributed by atoms with Gasteiger partial charge in [0.25, 0.3) is 0 Å². The van der Waals surface area contributed by atoms with Crippen molar-refractivity contribution in [2.45, 2.75) is 63.6 Å². The summed E-state index contributed by atoms with van der Waals surface area (Å²) in [7, 11) is 1.85. The van der Waals surface area contributed by atoms with E-state index in [9.17, 15) is 4.79 Å². The van der Waals surface area contributed by atoms with Crippen LogP contribution in [0.3, 0.4) is 0 Å². The Balaban J connectivity index is 1.48. The molecule has 0 N–H and O–H groups in total. The topological polar surface area (TPSA) is 35.5 Å². The Morgan fingerprint density at radius 2 is 2.11 bits per heavy atom. The number of esters is 1. The number of methoxy groups -OCH3 is 1. The van der Waals surface area contributed by atoms with Gasteiger partial charge in [-0.25, -0.2) is 0 Å². The molecular weight excluding hydrogens is 228 g/mol. The van der Waals surface area contributed by atoms with Crippen LogP contribution in [0.25, 0.3) is 0 Å². The molecule has 1 aliphatic heterocycles. The fourth-order valence-electron chi connectivity index (χ4n) is 4.36. The van der Waals surface area contributed by atoms with Gasteiger partial charge in [0.2, 0.25) is 0 Å². The second-order valence-corrected chi connectivity index (χ2v) is 6.41. The van der Waals surface area contributed by atoms with E-state index in [2.05, 4.69) is 0 Å². The van der Waals surface area contributed by atoms with Gasteiger partial charge in [-0.05, 0) is 62.7 Å². The van der Waals surface area contributed by atoms with Crippen LogP contribution in [-0.2, 0) is 14.3 Å². The van der Waals surface area contributed by atoms with Crippen LogP contribution in [0.15, 0.2) is 0 Å². The van der Waals surface area contributed by atoms with E-state index in [-0.39, 0.29) is 12.1 Å². The zero-order chi connectivity index (χ0) is 12.5. The minimum absolute atomic E-state index is 0.00427. The third-order valence-electron chi connectivity index (χ3n) is 5.26. The van der Waals surface area contributed by atoms with Crippen LogP contribution >= 0.6 is 0 Å². The first kappa shape index (κ1) is 12.5. The molecule has 5 unspecified atom stereocenters. The average Bonchev–Trinajstić information content (AvgIpc) is 2.90. The van der Waals surface area contributed by atoms with Crippen molar-refractivity contribution in [1.29, 1.82) is 0 Å². The average molecular weight is 252 g/mol. The first-order valence-corrected chi connectivity index (χ1v) is 7.47. The van der Waals surface area contributed by atoms with Crippen LogP contribution in [0.5, 0.6) is 0 Å². The highest BCUT2D eigenvalue weighted by molar-refractivity contribution is 5.71. The van der Waals surface area contributed by atoms with Crippen molar-refractivity contribution in [3.8, 4) is 0 Å². The molecule has 0 aromatic carbocycles. The van der Waals surface area contributed by atoms with Crippen molar-refractivity contribution in [2.75, 3.05) is 7.11 Å². The van der Waals surface area contributed by atoms with E-state index in [0.29, 0.717) is 12.5 Å². The lowest BCUT2D eigenvalue weighted by atomic mass is 9.83. The van der Waals surface area contributed by atoms with Crippen LogP contribution in [0.1, 0.15) is 51.4 Å². The van der Waals surface area contributed by atoms with Crippen LogP contribution < -0.4 is 0 Å². The van der Waals surface area contributed by atoms with Crippen molar-refractivity contribution < 1.29 is 14.3 Å². The summed E-state index contributed by atoms with van der Waals surface area (Å²) in [6, 6.07) is 0. The highest BCUT2D eigenvalue weighted by Gasteiger charge is 2.41. The first-order valence-electron chi connectivity index (χ1n) is 7.47. The lowest BCUT2D eigenvalue weighted by Gasteiger charge is -2.28. The molecule has 2 saturated carbocycles. The quantitative estimate of drug-likeness (QED) is 0.722. The van der Waals surface area contributed by atoms with Gasteiger partial charge in [0.15, 0.2) is 0 Å². The van der Waals surface area contributed by atoms with E-state index >= 15 is 0 Å². The van der Waals surface area contributed by atoms with Gasteiger partial charge in [-0.1, -0.05) is 0 Å². The van der Waals surface area contributed by atoms with Crippen molar-refractivity contribution >= 4 is 5.97 Å². The zero-order valence-corrected chi connectivity index (χ0v) is 11.3. The Morgan fingerprint density at radius 1 is 1.22 bits per heavy atom. The summed E-state index contributed by atoms with van der Waals surface area (Å²) < 4.78 is 10.9. The number of carbonyl (C=O) groups excluding carboxylic acids is 1. The second kappa shape index (κ2) is 5.20.